The zero-order chi connectivity index (χ0) is 29.2. The fourth-order valence-corrected chi connectivity index (χ4v) is 6.24. The van der Waals surface area contributed by atoms with Crippen molar-refractivity contribution in [3.63, 3.8) is 0 Å². The highest BCUT2D eigenvalue weighted by Crippen LogP contribution is 2.39. The van der Waals surface area contributed by atoms with Gasteiger partial charge in [-0.05, 0) is 89.1 Å². The number of carboxylic acids is 1. The molecule has 1 N–H and O–H groups in total. The second kappa shape index (κ2) is 12.0. The molecule has 40 heavy (non-hydrogen) atoms. The van der Waals surface area contributed by atoms with Crippen LogP contribution in [0.3, 0.4) is 0 Å². The number of rotatable bonds is 9. The molecule has 1 saturated heterocycles. The lowest BCUT2D eigenvalue weighted by Gasteiger charge is -2.49. The molecule has 2 aliphatic heterocycles. The minimum absolute atomic E-state index is 0.0371. The summed E-state index contributed by atoms with van der Waals surface area (Å²) >= 11 is 1.66. The molecule has 0 spiro atoms. The third-order valence-corrected chi connectivity index (χ3v) is 8.89. The first-order valence-corrected chi connectivity index (χ1v) is 15.1. The maximum absolute atomic E-state index is 12.5. The van der Waals surface area contributed by atoms with Gasteiger partial charge in [-0.3, -0.25) is 0 Å². The van der Waals surface area contributed by atoms with Crippen molar-refractivity contribution in [2.45, 2.75) is 92.4 Å². The largest absolute Gasteiger partial charge is 0.493 e. The van der Waals surface area contributed by atoms with Gasteiger partial charge >= 0.3 is 5.97 Å². The molecule has 0 amide bonds. The Morgan fingerprint density at radius 2 is 1.82 bits per heavy atom. The SMILES string of the molecule is CC1=C([C@H](OC(C)(C)C)C(=O)O)C=C(c2ccc(OCCc3scnc3C)cc2)C(C)N1N1CCC(C)(C)CC1. The fraction of sp³-hybridized carbons (Fsp3) is 0.562. The van der Waals surface area contributed by atoms with Crippen LogP contribution in [0.25, 0.3) is 5.57 Å². The Balaban J connectivity index is 1.63. The molecule has 3 heterocycles. The van der Waals surface area contributed by atoms with Crippen LogP contribution in [-0.4, -0.2) is 63.5 Å². The van der Waals surface area contributed by atoms with E-state index in [0.29, 0.717) is 17.6 Å². The third-order valence-electron chi connectivity index (χ3n) is 7.90. The number of hydrogen-bond donors (Lipinski definition) is 1. The molecule has 1 unspecified atom stereocenters. The lowest BCUT2D eigenvalue weighted by Crippen LogP contribution is -2.53. The number of hydrazine groups is 1. The van der Waals surface area contributed by atoms with Gasteiger partial charge in [0.1, 0.15) is 5.75 Å². The lowest BCUT2D eigenvalue weighted by molar-refractivity contribution is -0.155. The minimum atomic E-state index is -1.07. The highest BCUT2D eigenvalue weighted by Gasteiger charge is 2.38. The summed E-state index contributed by atoms with van der Waals surface area (Å²) in [5.41, 5.74) is 6.39. The van der Waals surface area contributed by atoms with Crippen molar-refractivity contribution in [3.8, 4) is 5.75 Å². The number of aliphatic carboxylic acids is 1. The number of allylic oxidation sites excluding steroid dienone is 1. The summed E-state index contributed by atoms with van der Waals surface area (Å²) in [7, 11) is 0. The first-order valence-electron chi connectivity index (χ1n) is 14.2. The molecule has 1 aromatic carbocycles. The Morgan fingerprint density at radius 1 is 1.18 bits per heavy atom. The molecule has 2 atom stereocenters. The van der Waals surface area contributed by atoms with Crippen molar-refractivity contribution in [1.29, 1.82) is 0 Å². The van der Waals surface area contributed by atoms with E-state index in [2.05, 4.69) is 47.9 Å². The highest BCUT2D eigenvalue weighted by molar-refractivity contribution is 7.09. The molecule has 8 heteroatoms. The van der Waals surface area contributed by atoms with Gasteiger partial charge in [-0.15, -0.1) is 11.3 Å². The van der Waals surface area contributed by atoms with Crippen LogP contribution in [0.4, 0.5) is 0 Å². The molecule has 218 valence electrons. The van der Waals surface area contributed by atoms with Crippen LogP contribution in [0.5, 0.6) is 5.75 Å². The minimum Gasteiger partial charge on any atom is -0.493 e. The summed E-state index contributed by atoms with van der Waals surface area (Å²) < 4.78 is 12.2. The van der Waals surface area contributed by atoms with E-state index in [9.17, 15) is 9.90 Å². The Morgan fingerprint density at radius 3 is 2.38 bits per heavy atom. The van der Waals surface area contributed by atoms with Crippen LogP contribution < -0.4 is 4.74 Å². The number of hydrogen-bond acceptors (Lipinski definition) is 7. The molecule has 7 nitrogen and oxygen atoms in total. The predicted molar refractivity (Wildman–Crippen MR) is 161 cm³/mol. The third kappa shape index (κ3) is 7.14. The summed E-state index contributed by atoms with van der Waals surface area (Å²) in [5, 5.41) is 15.0. The maximum Gasteiger partial charge on any atom is 0.337 e. The Hall–Kier alpha value is -2.68. The second-order valence-corrected chi connectivity index (χ2v) is 13.7. The molecule has 2 aliphatic rings. The van der Waals surface area contributed by atoms with E-state index in [1.807, 2.05) is 58.3 Å². The highest BCUT2D eigenvalue weighted by atomic mass is 32.1. The van der Waals surface area contributed by atoms with E-state index in [0.717, 1.165) is 60.6 Å². The van der Waals surface area contributed by atoms with Crippen LogP contribution in [-0.2, 0) is 16.0 Å². The van der Waals surface area contributed by atoms with Crippen LogP contribution in [0.1, 0.15) is 77.4 Å². The van der Waals surface area contributed by atoms with E-state index in [1.165, 1.54) is 4.88 Å². The Bertz CT molecular complexity index is 1250. The molecule has 2 aromatic rings. The average molecular weight is 568 g/mol. The monoisotopic (exact) mass is 567 g/mol. The molecule has 0 bridgehead atoms. The molecule has 0 saturated carbocycles. The normalized spacial score (nSPS) is 20.9. The fourth-order valence-electron chi connectivity index (χ4n) is 5.48. The summed E-state index contributed by atoms with van der Waals surface area (Å²) in [6.45, 7) is 19.1. The van der Waals surface area contributed by atoms with Gasteiger partial charge in [-0.1, -0.05) is 26.0 Å². The molecular formula is C32H45N3O4S. The van der Waals surface area contributed by atoms with Crippen LogP contribution in [0.15, 0.2) is 47.1 Å². The Kier molecular flexibility index (Phi) is 9.12. The second-order valence-electron chi connectivity index (χ2n) is 12.7. The van der Waals surface area contributed by atoms with Gasteiger partial charge in [-0.25, -0.2) is 14.8 Å². The quantitative estimate of drug-likeness (QED) is 0.360. The number of benzene rings is 1. The zero-order valence-corrected chi connectivity index (χ0v) is 26.1. The number of ether oxygens (including phenoxy) is 2. The van der Waals surface area contributed by atoms with Crippen LogP contribution in [0, 0.1) is 12.3 Å². The van der Waals surface area contributed by atoms with Crippen LogP contribution >= 0.6 is 11.3 Å². The van der Waals surface area contributed by atoms with Crippen molar-refractivity contribution < 1.29 is 19.4 Å². The number of aryl methyl sites for hydroxylation is 1. The van der Waals surface area contributed by atoms with Gasteiger partial charge in [0.05, 0.1) is 29.5 Å². The van der Waals surface area contributed by atoms with Gasteiger partial charge in [-0.2, -0.15) is 0 Å². The van der Waals surface area contributed by atoms with Gasteiger partial charge in [0.2, 0.25) is 0 Å². The summed E-state index contributed by atoms with van der Waals surface area (Å²) in [4.78, 5) is 18.1. The van der Waals surface area contributed by atoms with Crippen LogP contribution in [0.2, 0.25) is 0 Å². The summed E-state index contributed by atoms with van der Waals surface area (Å²) in [6, 6.07) is 8.19. The number of carbonyl (C=O) groups is 1. The van der Waals surface area contributed by atoms with E-state index in [-0.39, 0.29) is 6.04 Å². The van der Waals surface area contributed by atoms with E-state index in [1.54, 1.807) is 11.3 Å². The molecule has 4 rings (SSSR count). The summed E-state index contributed by atoms with van der Waals surface area (Å²) in [5.74, 6) is -0.161. The van der Waals surface area contributed by atoms with Crippen molar-refractivity contribution in [1.82, 2.24) is 15.0 Å². The zero-order valence-electron chi connectivity index (χ0n) is 25.3. The smallest absolute Gasteiger partial charge is 0.337 e. The first kappa shape index (κ1) is 30.3. The van der Waals surface area contributed by atoms with Gasteiger partial charge < -0.3 is 19.6 Å². The van der Waals surface area contributed by atoms with Crippen molar-refractivity contribution in [2.75, 3.05) is 19.7 Å². The average Bonchev–Trinajstić information content (AvgIpc) is 3.28. The topological polar surface area (TPSA) is 75.1 Å². The standard InChI is InChI=1S/C32H45N3O4S/c1-21-28(40-20-33-21)13-18-38-25-11-9-24(10-12-25)26-19-27(29(30(36)37)39-31(4,5)6)23(3)35(22(26)2)34-16-14-32(7,8)15-17-34/h9-12,19-20,22,29H,13-18H2,1-8H3,(H,36,37)/t22?,29-/m0/s1. The number of nitrogens with zero attached hydrogens (tertiary/aromatic N) is 3. The van der Waals surface area contributed by atoms with E-state index in [4.69, 9.17) is 9.47 Å². The maximum atomic E-state index is 12.5. The van der Waals surface area contributed by atoms with Gasteiger partial charge in [0.25, 0.3) is 0 Å². The number of aromatic nitrogens is 1. The van der Waals surface area contributed by atoms with Crippen molar-refractivity contribution in [2.24, 2.45) is 5.41 Å². The number of thiazole rings is 1. The molecule has 0 aliphatic carbocycles. The number of piperidine rings is 1. The predicted octanol–water partition coefficient (Wildman–Crippen LogP) is 6.74. The van der Waals surface area contributed by atoms with E-state index < -0.39 is 17.7 Å². The first-order chi connectivity index (χ1) is 18.8. The molecule has 1 fully saturated rings. The number of carboxylic acid groups (broad SMARTS) is 1. The van der Waals surface area contributed by atoms with Crippen molar-refractivity contribution in [3.05, 3.63) is 63.3 Å². The van der Waals surface area contributed by atoms with Gasteiger partial charge in [0, 0.05) is 35.7 Å². The molecular weight excluding hydrogens is 522 g/mol. The van der Waals surface area contributed by atoms with Crippen molar-refractivity contribution >= 4 is 22.9 Å². The molecule has 1 aromatic heterocycles. The molecule has 0 radical (unpaired) electrons. The lowest BCUT2D eigenvalue weighted by atomic mass is 9.83. The summed E-state index contributed by atoms with van der Waals surface area (Å²) in [6.07, 6.45) is 3.98. The Labute approximate surface area is 243 Å². The van der Waals surface area contributed by atoms with Gasteiger partial charge in [0.15, 0.2) is 6.10 Å². The van der Waals surface area contributed by atoms with E-state index >= 15 is 0 Å².